The molecule has 9 heteroatoms. The van der Waals surface area contributed by atoms with Crippen LogP contribution in [0.4, 0.5) is 0 Å². The summed E-state index contributed by atoms with van der Waals surface area (Å²) in [5.74, 6) is -1.45. The Hall–Kier alpha value is -2.09. The largest absolute Gasteiger partial charge is 0.468 e. The Balaban J connectivity index is 2.09. The van der Waals surface area contributed by atoms with E-state index >= 15 is 0 Å². The lowest BCUT2D eigenvalue weighted by Gasteiger charge is -2.21. The van der Waals surface area contributed by atoms with Crippen LogP contribution in [0.5, 0.6) is 0 Å². The number of hydrogen-bond acceptors (Lipinski definition) is 5. The lowest BCUT2D eigenvalue weighted by atomic mass is 10.2. The van der Waals surface area contributed by atoms with Gasteiger partial charge < -0.3 is 9.64 Å². The molecule has 6 nitrogen and oxygen atoms in total. The topological polar surface area (TPSA) is 80.8 Å². The Kier molecular flexibility index (Phi) is 7.86. The molecular weight excluding hydrogens is 425 g/mol. The first kappa shape index (κ1) is 22.2. The third kappa shape index (κ3) is 6.51. The lowest BCUT2D eigenvalue weighted by Crippen LogP contribution is -2.36. The predicted octanol–water partition coefficient (Wildman–Crippen LogP) is 3.36. The maximum absolute atomic E-state index is 12.6. The molecule has 0 N–H and O–H groups in total. The van der Waals surface area contributed by atoms with Crippen molar-refractivity contribution in [3.8, 4) is 0 Å². The van der Waals surface area contributed by atoms with Crippen LogP contribution in [0.2, 0.25) is 10.0 Å². The summed E-state index contributed by atoms with van der Waals surface area (Å²) in [5, 5.41) is 0.964. The molecule has 2 rings (SSSR count). The van der Waals surface area contributed by atoms with E-state index in [9.17, 15) is 18.0 Å². The number of halogens is 2. The van der Waals surface area contributed by atoms with Crippen LogP contribution in [-0.4, -0.2) is 44.6 Å². The number of nitrogens with zero attached hydrogens (tertiary/aromatic N) is 1. The number of esters is 1. The number of carbonyl (C=O) groups excluding carboxylic acids is 2. The first-order valence-electron chi connectivity index (χ1n) is 8.28. The fourth-order valence-corrected chi connectivity index (χ4v) is 3.88. The van der Waals surface area contributed by atoms with Gasteiger partial charge in [0, 0.05) is 23.0 Å². The summed E-state index contributed by atoms with van der Waals surface area (Å²) in [5.41, 5.74) is 0.752. The highest BCUT2D eigenvalue weighted by Gasteiger charge is 2.22. The Morgan fingerprint density at radius 1 is 0.964 bits per heavy atom. The number of hydrogen-bond donors (Lipinski definition) is 0. The third-order valence-electron chi connectivity index (χ3n) is 3.94. The number of amides is 1. The second-order valence-electron chi connectivity index (χ2n) is 5.98. The van der Waals surface area contributed by atoms with Gasteiger partial charge in [-0.1, -0.05) is 35.3 Å². The Labute approximate surface area is 173 Å². The molecule has 0 fully saturated rings. The highest BCUT2D eigenvalue weighted by Crippen LogP contribution is 2.17. The van der Waals surface area contributed by atoms with Crippen LogP contribution in [0.3, 0.4) is 0 Å². The van der Waals surface area contributed by atoms with E-state index in [1.54, 1.807) is 24.3 Å². The van der Waals surface area contributed by atoms with Gasteiger partial charge in [0.1, 0.15) is 6.54 Å². The molecule has 0 unspecified atom stereocenters. The molecule has 150 valence electrons. The van der Waals surface area contributed by atoms with Crippen molar-refractivity contribution in [1.82, 2.24) is 4.90 Å². The number of sulfone groups is 1. The van der Waals surface area contributed by atoms with E-state index < -0.39 is 21.7 Å². The molecule has 0 saturated carbocycles. The van der Waals surface area contributed by atoms with Gasteiger partial charge in [-0.05, 0) is 42.0 Å². The van der Waals surface area contributed by atoms with Gasteiger partial charge in [0.15, 0.2) is 9.84 Å². The molecule has 1 amide bonds. The van der Waals surface area contributed by atoms with Gasteiger partial charge in [-0.15, -0.1) is 0 Å². The molecular formula is C19H19Cl2NO5S. The minimum absolute atomic E-state index is 0.0851. The molecule has 0 aliphatic carbocycles. The van der Waals surface area contributed by atoms with Crippen LogP contribution in [0.25, 0.3) is 0 Å². The second kappa shape index (κ2) is 9.91. The third-order valence-corrected chi connectivity index (χ3v) is 6.18. The van der Waals surface area contributed by atoms with Gasteiger partial charge >= 0.3 is 5.97 Å². The Bertz CT molecular complexity index is 928. The average Bonchev–Trinajstić information content (AvgIpc) is 2.67. The summed E-state index contributed by atoms with van der Waals surface area (Å²) in [6.45, 7) is -0.148. The molecule has 2 aromatic carbocycles. The molecule has 0 spiro atoms. The SMILES string of the molecule is COC(=O)CN(Cc1ccc(Cl)cc1)C(=O)CCS(=O)(=O)c1ccc(Cl)cc1. The van der Waals surface area contributed by atoms with Crippen molar-refractivity contribution < 1.29 is 22.7 Å². The monoisotopic (exact) mass is 443 g/mol. The number of rotatable bonds is 8. The van der Waals surface area contributed by atoms with E-state index in [1.165, 1.54) is 36.3 Å². The average molecular weight is 444 g/mol. The van der Waals surface area contributed by atoms with Gasteiger partial charge in [-0.25, -0.2) is 8.42 Å². The van der Waals surface area contributed by atoms with Crippen molar-refractivity contribution in [3.63, 3.8) is 0 Å². The number of methoxy groups -OCH3 is 1. The minimum atomic E-state index is -3.66. The number of ether oxygens (including phenoxy) is 1. The highest BCUT2D eigenvalue weighted by atomic mass is 35.5. The van der Waals surface area contributed by atoms with Gasteiger partial charge in [0.2, 0.25) is 5.91 Å². The number of carbonyl (C=O) groups is 2. The summed E-state index contributed by atoms with van der Waals surface area (Å²) in [7, 11) is -2.44. The van der Waals surface area contributed by atoms with E-state index in [4.69, 9.17) is 23.2 Å². The molecule has 0 aliphatic rings. The molecule has 0 aromatic heterocycles. The van der Waals surface area contributed by atoms with Gasteiger partial charge in [-0.3, -0.25) is 9.59 Å². The van der Waals surface area contributed by atoms with Crippen molar-refractivity contribution in [1.29, 1.82) is 0 Å². The summed E-state index contributed by atoms with van der Waals surface area (Å²) >= 11 is 11.6. The van der Waals surface area contributed by atoms with E-state index in [0.29, 0.717) is 10.0 Å². The fourth-order valence-electron chi connectivity index (χ4n) is 2.40. The fraction of sp³-hybridized carbons (Fsp3) is 0.263. The van der Waals surface area contributed by atoms with E-state index in [0.717, 1.165) is 5.56 Å². The maximum Gasteiger partial charge on any atom is 0.325 e. The van der Waals surface area contributed by atoms with Crippen LogP contribution >= 0.6 is 23.2 Å². The van der Waals surface area contributed by atoms with Crippen LogP contribution in [0.15, 0.2) is 53.4 Å². The molecule has 0 radical (unpaired) electrons. The van der Waals surface area contributed by atoms with Crippen LogP contribution in [0.1, 0.15) is 12.0 Å². The van der Waals surface area contributed by atoms with Crippen molar-refractivity contribution in [2.45, 2.75) is 17.9 Å². The second-order valence-corrected chi connectivity index (χ2v) is 8.96. The smallest absolute Gasteiger partial charge is 0.325 e. The van der Waals surface area contributed by atoms with Crippen molar-refractivity contribution in [2.75, 3.05) is 19.4 Å². The Morgan fingerprint density at radius 2 is 1.50 bits per heavy atom. The first-order valence-corrected chi connectivity index (χ1v) is 10.7. The van der Waals surface area contributed by atoms with Gasteiger partial charge in [0.05, 0.1) is 17.8 Å². The summed E-state index contributed by atoms with van der Waals surface area (Å²) in [6, 6.07) is 12.5. The molecule has 28 heavy (non-hydrogen) atoms. The molecule has 0 heterocycles. The highest BCUT2D eigenvalue weighted by molar-refractivity contribution is 7.91. The van der Waals surface area contributed by atoms with E-state index in [1.807, 2.05) is 0 Å². The summed E-state index contributed by atoms with van der Waals surface area (Å²) in [6.07, 6.45) is -0.268. The standard InChI is InChI=1S/C19H19Cl2NO5S/c1-27-19(24)13-22(12-14-2-4-15(20)5-3-14)18(23)10-11-28(25,26)17-8-6-16(21)7-9-17/h2-9H,10-13H2,1H3. The molecule has 0 atom stereocenters. The molecule has 0 saturated heterocycles. The Morgan fingerprint density at radius 3 is 2.04 bits per heavy atom. The maximum atomic E-state index is 12.6. The van der Waals surface area contributed by atoms with Gasteiger partial charge in [0.25, 0.3) is 0 Å². The van der Waals surface area contributed by atoms with Crippen molar-refractivity contribution in [3.05, 3.63) is 64.1 Å². The summed E-state index contributed by atoms with van der Waals surface area (Å²) in [4.78, 5) is 25.6. The first-order chi connectivity index (χ1) is 13.2. The molecule has 0 aliphatic heterocycles. The zero-order chi connectivity index (χ0) is 20.7. The minimum Gasteiger partial charge on any atom is -0.468 e. The van der Waals surface area contributed by atoms with Crippen molar-refractivity contribution in [2.24, 2.45) is 0 Å². The predicted molar refractivity (Wildman–Crippen MR) is 107 cm³/mol. The van der Waals surface area contributed by atoms with E-state index in [-0.39, 0.29) is 30.2 Å². The zero-order valence-electron chi connectivity index (χ0n) is 15.1. The summed E-state index contributed by atoms with van der Waals surface area (Å²) < 4.78 is 29.5. The molecule has 0 bridgehead atoms. The number of benzene rings is 2. The van der Waals surface area contributed by atoms with Gasteiger partial charge in [-0.2, -0.15) is 0 Å². The van der Waals surface area contributed by atoms with Crippen LogP contribution in [-0.2, 0) is 30.7 Å². The zero-order valence-corrected chi connectivity index (χ0v) is 17.4. The van der Waals surface area contributed by atoms with Crippen LogP contribution < -0.4 is 0 Å². The normalized spacial score (nSPS) is 11.1. The van der Waals surface area contributed by atoms with Crippen LogP contribution in [0, 0.1) is 0 Å². The van der Waals surface area contributed by atoms with E-state index in [2.05, 4.69) is 4.74 Å². The van der Waals surface area contributed by atoms with Crippen molar-refractivity contribution >= 4 is 44.9 Å². The lowest BCUT2D eigenvalue weighted by molar-refractivity contribution is -0.147. The molecule has 2 aromatic rings. The quantitative estimate of drug-likeness (QED) is 0.584.